The zero-order valence-electron chi connectivity index (χ0n) is 16.8. The second kappa shape index (κ2) is 9.56. The van der Waals surface area contributed by atoms with Crippen LogP contribution in [0.5, 0.6) is 5.75 Å². The molecule has 1 fully saturated rings. The first kappa shape index (κ1) is 22.9. The number of rotatable bonds is 6. The van der Waals surface area contributed by atoms with E-state index in [1.807, 2.05) is 38.1 Å². The number of sulfonamides is 1. The van der Waals surface area contributed by atoms with Gasteiger partial charge in [0, 0.05) is 26.2 Å². The van der Waals surface area contributed by atoms with E-state index in [-0.39, 0.29) is 46.5 Å². The maximum Gasteiger partial charge on any atom is 0.246 e. The average Bonchev–Trinajstić information content (AvgIpc) is 2.67. The van der Waals surface area contributed by atoms with Crippen LogP contribution in [-0.4, -0.2) is 55.8 Å². The van der Waals surface area contributed by atoms with E-state index in [1.165, 1.54) is 16.4 Å². The van der Waals surface area contributed by atoms with E-state index in [1.54, 1.807) is 11.0 Å². The van der Waals surface area contributed by atoms with Crippen molar-refractivity contribution in [3.05, 3.63) is 58.1 Å². The molecule has 3 rings (SSSR count). The van der Waals surface area contributed by atoms with Crippen molar-refractivity contribution in [3.63, 3.8) is 0 Å². The van der Waals surface area contributed by atoms with Crippen LogP contribution in [0.4, 0.5) is 0 Å². The van der Waals surface area contributed by atoms with Gasteiger partial charge in [-0.1, -0.05) is 41.4 Å². The Balaban J connectivity index is 1.63. The van der Waals surface area contributed by atoms with Crippen LogP contribution in [-0.2, 0) is 21.2 Å². The van der Waals surface area contributed by atoms with Gasteiger partial charge in [-0.25, -0.2) is 8.42 Å². The number of hydrogen-bond donors (Lipinski definition) is 0. The molecule has 0 bridgehead atoms. The first-order valence-electron chi connectivity index (χ1n) is 9.66. The Morgan fingerprint density at radius 1 is 1.03 bits per heavy atom. The van der Waals surface area contributed by atoms with Crippen molar-refractivity contribution in [3.8, 4) is 5.75 Å². The van der Waals surface area contributed by atoms with Gasteiger partial charge in [-0.05, 0) is 43.7 Å². The molecule has 0 radical (unpaired) electrons. The van der Waals surface area contributed by atoms with Crippen LogP contribution in [0.2, 0.25) is 10.0 Å². The van der Waals surface area contributed by atoms with E-state index in [0.717, 1.165) is 11.3 Å². The molecular formula is C21H24Cl2N2O4S. The van der Waals surface area contributed by atoms with E-state index < -0.39 is 10.0 Å². The molecule has 1 aliphatic heterocycles. The van der Waals surface area contributed by atoms with Crippen LogP contribution >= 0.6 is 23.2 Å². The third kappa shape index (κ3) is 5.27. The highest BCUT2D eigenvalue weighted by Crippen LogP contribution is 2.32. The Labute approximate surface area is 187 Å². The molecule has 0 spiro atoms. The highest BCUT2D eigenvalue weighted by atomic mass is 35.5. The minimum Gasteiger partial charge on any atom is -0.491 e. The maximum atomic E-state index is 13.0. The number of carbonyl (C=O) groups excluding carboxylic acids is 1. The topological polar surface area (TPSA) is 66.9 Å². The summed E-state index contributed by atoms with van der Waals surface area (Å²) in [6.07, 6.45) is 0.288. The van der Waals surface area contributed by atoms with Crippen molar-refractivity contribution in [1.82, 2.24) is 9.21 Å². The molecule has 1 saturated heterocycles. The van der Waals surface area contributed by atoms with Gasteiger partial charge in [0.15, 0.2) is 0 Å². The SMILES string of the molecule is CC(C)Oc1cccc(CC(=O)N2CCN(S(=O)(=O)c3c(Cl)cccc3Cl)CC2)c1. The lowest BCUT2D eigenvalue weighted by molar-refractivity contribution is -0.131. The average molecular weight is 471 g/mol. The van der Waals surface area contributed by atoms with E-state index in [0.29, 0.717) is 13.1 Å². The first-order valence-corrected chi connectivity index (χ1v) is 11.9. The molecule has 1 heterocycles. The molecule has 0 unspecified atom stereocenters. The monoisotopic (exact) mass is 470 g/mol. The number of benzene rings is 2. The Morgan fingerprint density at radius 2 is 1.63 bits per heavy atom. The summed E-state index contributed by atoms with van der Waals surface area (Å²) in [5.41, 5.74) is 0.857. The molecule has 1 aliphatic rings. The molecule has 162 valence electrons. The number of ether oxygens (including phenoxy) is 1. The Hall–Kier alpha value is -1.80. The van der Waals surface area contributed by atoms with Crippen molar-refractivity contribution in [2.45, 2.75) is 31.3 Å². The summed E-state index contributed by atoms with van der Waals surface area (Å²) < 4.78 is 32.9. The van der Waals surface area contributed by atoms with Gasteiger partial charge in [0.2, 0.25) is 15.9 Å². The summed E-state index contributed by atoms with van der Waals surface area (Å²) in [5.74, 6) is 0.673. The molecule has 0 saturated carbocycles. The molecule has 2 aromatic carbocycles. The van der Waals surface area contributed by atoms with Gasteiger partial charge in [0.05, 0.1) is 22.6 Å². The van der Waals surface area contributed by atoms with Crippen LogP contribution < -0.4 is 4.74 Å². The number of amides is 1. The molecule has 0 atom stereocenters. The number of carbonyl (C=O) groups is 1. The summed E-state index contributed by atoms with van der Waals surface area (Å²) in [6, 6.07) is 12.1. The van der Waals surface area contributed by atoms with Crippen molar-refractivity contribution in [2.75, 3.05) is 26.2 Å². The van der Waals surface area contributed by atoms with Crippen LogP contribution in [0.3, 0.4) is 0 Å². The number of halogens is 2. The first-order chi connectivity index (χ1) is 14.2. The fraction of sp³-hybridized carbons (Fsp3) is 0.381. The smallest absolute Gasteiger partial charge is 0.246 e. The summed E-state index contributed by atoms with van der Waals surface area (Å²) in [4.78, 5) is 14.3. The Kier molecular flexibility index (Phi) is 7.29. The second-order valence-corrected chi connectivity index (χ2v) is 10.0. The molecular weight excluding hydrogens is 447 g/mol. The molecule has 6 nitrogen and oxygen atoms in total. The summed E-state index contributed by atoms with van der Waals surface area (Å²) in [7, 11) is -3.83. The normalized spacial score (nSPS) is 15.4. The fourth-order valence-electron chi connectivity index (χ4n) is 3.32. The zero-order chi connectivity index (χ0) is 21.9. The number of hydrogen-bond acceptors (Lipinski definition) is 4. The summed E-state index contributed by atoms with van der Waals surface area (Å²) in [5, 5.41) is 0.175. The number of piperazine rings is 1. The maximum absolute atomic E-state index is 13.0. The van der Waals surface area contributed by atoms with Crippen molar-refractivity contribution >= 4 is 39.1 Å². The summed E-state index contributed by atoms with van der Waals surface area (Å²) >= 11 is 12.2. The van der Waals surface area contributed by atoms with E-state index >= 15 is 0 Å². The Morgan fingerprint density at radius 3 is 2.23 bits per heavy atom. The molecule has 9 heteroatoms. The van der Waals surface area contributed by atoms with Crippen molar-refractivity contribution in [2.24, 2.45) is 0 Å². The largest absolute Gasteiger partial charge is 0.491 e. The molecule has 0 N–H and O–H groups in total. The van der Waals surface area contributed by atoms with Gasteiger partial charge >= 0.3 is 0 Å². The van der Waals surface area contributed by atoms with Gasteiger partial charge in [0.25, 0.3) is 0 Å². The summed E-state index contributed by atoms with van der Waals surface area (Å²) in [6.45, 7) is 4.88. The third-order valence-corrected chi connectivity index (χ3v) is 7.59. The molecule has 30 heavy (non-hydrogen) atoms. The van der Waals surface area contributed by atoms with Gasteiger partial charge in [-0.15, -0.1) is 0 Å². The van der Waals surface area contributed by atoms with Crippen molar-refractivity contribution < 1.29 is 17.9 Å². The predicted molar refractivity (Wildman–Crippen MR) is 118 cm³/mol. The van der Waals surface area contributed by atoms with Gasteiger partial charge in [0.1, 0.15) is 10.6 Å². The minimum absolute atomic E-state index is 0.0514. The van der Waals surface area contributed by atoms with Crippen LogP contribution in [0.15, 0.2) is 47.4 Å². The predicted octanol–water partition coefficient (Wildman–Crippen LogP) is 3.86. The highest BCUT2D eigenvalue weighted by Gasteiger charge is 2.32. The molecule has 1 amide bonds. The zero-order valence-corrected chi connectivity index (χ0v) is 19.2. The van der Waals surface area contributed by atoms with Crippen LogP contribution in [0.1, 0.15) is 19.4 Å². The lowest BCUT2D eigenvalue weighted by Crippen LogP contribution is -2.50. The lowest BCUT2D eigenvalue weighted by atomic mass is 10.1. The van der Waals surface area contributed by atoms with Gasteiger partial charge in [-0.3, -0.25) is 4.79 Å². The third-order valence-electron chi connectivity index (χ3n) is 4.73. The standard InChI is InChI=1S/C21H24Cl2N2O4S/c1-15(2)29-17-6-3-5-16(13-17)14-20(26)24-9-11-25(12-10-24)30(27,28)21-18(22)7-4-8-19(21)23/h3-8,13,15H,9-12,14H2,1-2H3. The van der Waals surface area contributed by atoms with Crippen molar-refractivity contribution in [1.29, 1.82) is 0 Å². The van der Waals surface area contributed by atoms with E-state index in [2.05, 4.69) is 0 Å². The second-order valence-electron chi connectivity index (χ2n) is 7.33. The fourth-order valence-corrected chi connectivity index (χ4v) is 5.84. The lowest BCUT2D eigenvalue weighted by Gasteiger charge is -2.34. The van der Waals surface area contributed by atoms with Crippen LogP contribution in [0.25, 0.3) is 0 Å². The molecule has 2 aromatic rings. The number of nitrogens with zero attached hydrogens (tertiary/aromatic N) is 2. The molecule has 0 aromatic heterocycles. The van der Waals surface area contributed by atoms with Gasteiger partial charge in [-0.2, -0.15) is 4.31 Å². The minimum atomic E-state index is -3.83. The highest BCUT2D eigenvalue weighted by molar-refractivity contribution is 7.89. The van der Waals surface area contributed by atoms with E-state index in [4.69, 9.17) is 27.9 Å². The molecule has 0 aliphatic carbocycles. The van der Waals surface area contributed by atoms with Gasteiger partial charge < -0.3 is 9.64 Å². The Bertz CT molecular complexity index is 999. The van der Waals surface area contributed by atoms with Crippen LogP contribution in [0, 0.1) is 0 Å². The quantitative estimate of drug-likeness (QED) is 0.642. The van der Waals surface area contributed by atoms with E-state index in [9.17, 15) is 13.2 Å².